The molecule has 0 heterocycles. The van der Waals surface area contributed by atoms with E-state index < -0.39 is 6.10 Å². The average Bonchev–Trinajstić information content (AvgIpc) is 2.19. The lowest BCUT2D eigenvalue weighted by molar-refractivity contribution is 0.175. The minimum Gasteiger partial charge on any atom is -0.493 e. The average molecular weight is 192 g/mol. The summed E-state index contributed by atoms with van der Waals surface area (Å²) in [6, 6.07) is 7.53. The number of hydrogen-bond donors (Lipinski definition) is 1. The maximum Gasteiger partial charge on any atom is 0.125 e. The van der Waals surface area contributed by atoms with Crippen molar-refractivity contribution in [3.63, 3.8) is 0 Å². The van der Waals surface area contributed by atoms with Crippen molar-refractivity contribution >= 4 is 0 Å². The van der Waals surface area contributed by atoms with Gasteiger partial charge in [-0.05, 0) is 19.4 Å². The molecule has 0 aliphatic rings. The van der Waals surface area contributed by atoms with Crippen molar-refractivity contribution in [1.29, 1.82) is 0 Å². The van der Waals surface area contributed by atoms with Crippen molar-refractivity contribution in [2.75, 3.05) is 6.61 Å². The summed E-state index contributed by atoms with van der Waals surface area (Å²) in [5.74, 6) is 0.754. The van der Waals surface area contributed by atoms with Crippen LogP contribution in [0.3, 0.4) is 0 Å². The molecule has 1 atom stereocenters. The number of hydrogen-bond acceptors (Lipinski definition) is 2. The van der Waals surface area contributed by atoms with Gasteiger partial charge in [0, 0.05) is 5.56 Å². The lowest BCUT2D eigenvalue weighted by atomic mass is 10.1. The number of benzene rings is 1. The Morgan fingerprint density at radius 1 is 1.50 bits per heavy atom. The maximum absolute atomic E-state index is 9.78. The van der Waals surface area contributed by atoms with Crippen LogP contribution in [0, 0.1) is 0 Å². The van der Waals surface area contributed by atoms with E-state index in [-0.39, 0.29) is 0 Å². The zero-order valence-electron chi connectivity index (χ0n) is 8.44. The molecule has 0 saturated carbocycles. The molecule has 2 heteroatoms. The maximum atomic E-state index is 9.78. The normalized spacial score (nSPS) is 12.1. The first kappa shape index (κ1) is 10.8. The third-order valence-corrected chi connectivity index (χ3v) is 1.97. The predicted molar refractivity (Wildman–Crippen MR) is 57.4 cm³/mol. The standard InChI is InChI=1S/C12H16O2/c1-3-7-11(13)10-8-5-6-9-12(10)14-4-2/h3,5-6,8-9,11,13H,1,4,7H2,2H3. The Balaban J connectivity index is 2.87. The highest BCUT2D eigenvalue weighted by Gasteiger charge is 2.10. The molecule has 2 nitrogen and oxygen atoms in total. The molecule has 14 heavy (non-hydrogen) atoms. The first-order valence-corrected chi connectivity index (χ1v) is 4.80. The highest BCUT2D eigenvalue weighted by atomic mass is 16.5. The fraction of sp³-hybridized carbons (Fsp3) is 0.333. The molecule has 0 saturated heterocycles. The molecule has 1 aromatic rings. The fourth-order valence-corrected chi connectivity index (χ4v) is 1.33. The van der Waals surface area contributed by atoms with E-state index in [4.69, 9.17) is 4.74 Å². The Morgan fingerprint density at radius 3 is 2.86 bits per heavy atom. The van der Waals surface area contributed by atoms with Crippen LogP contribution in [0.4, 0.5) is 0 Å². The molecule has 0 bridgehead atoms. The van der Waals surface area contributed by atoms with Gasteiger partial charge in [0.1, 0.15) is 5.75 Å². The number of aliphatic hydroxyl groups excluding tert-OH is 1. The molecule has 1 aromatic carbocycles. The Labute approximate surface area is 84.8 Å². The second-order valence-electron chi connectivity index (χ2n) is 3.01. The van der Waals surface area contributed by atoms with Gasteiger partial charge in [-0.15, -0.1) is 6.58 Å². The summed E-state index contributed by atoms with van der Waals surface area (Å²) in [5.41, 5.74) is 0.828. The SMILES string of the molecule is C=CCC(O)c1ccccc1OCC. The van der Waals surface area contributed by atoms with Gasteiger partial charge in [-0.25, -0.2) is 0 Å². The summed E-state index contributed by atoms with van der Waals surface area (Å²) in [7, 11) is 0. The Kier molecular flexibility index (Phi) is 4.20. The third-order valence-electron chi connectivity index (χ3n) is 1.97. The van der Waals surface area contributed by atoms with Crippen molar-refractivity contribution in [3.05, 3.63) is 42.5 Å². The molecule has 0 aliphatic heterocycles. The summed E-state index contributed by atoms with van der Waals surface area (Å²) < 4.78 is 5.41. The molecule has 1 unspecified atom stereocenters. The predicted octanol–water partition coefficient (Wildman–Crippen LogP) is 2.69. The van der Waals surface area contributed by atoms with Gasteiger partial charge in [-0.3, -0.25) is 0 Å². The van der Waals surface area contributed by atoms with E-state index in [1.54, 1.807) is 6.08 Å². The molecule has 0 aliphatic carbocycles. The molecule has 0 radical (unpaired) electrons. The van der Waals surface area contributed by atoms with Crippen molar-refractivity contribution in [1.82, 2.24) is 0 Å². The molecule has 0 spiro atoms. The summed E-state index contributed by atoms with van der Waals surface area (Å²) >= 11 is 0. The highest BCUT2D eigenvalue weighted by molar-refractivity contribution is 5.35. The van der Waals surface area contributed by atoms with Crippen LogP contribution in [0.15, 0.2) is 36.9 Å². The number of rotatable bonds is 5. The molecular weight excluding hydrogens is 176 g/mol. The largest absolute Gasteiger partial charge is 0.493 e. The lowest BCUT2D eigenvalue weighted by Gasteiger charge is -2.13. The van der Waals surface area contributed by atoms with Crippen LogP contribution in [0.1, 0.15) is 25.0 Å². The van der Waals surface area contributed by atoms with E-state index in [0.29, 0.717) is 13.0 Å². The van der Waals surface area contributed by atoms with Crippen LogP contribution >= 0.6 is 0 Å². The number of para-hydroxylation sites is 1. The van der Waals surface area contributed by atoms with Crippen LogP contribution in [0.25, 0.3) is 0 Å². The van der Waals surface area contributed by atoms with Gasteiger partial charge < -0.3 is 9.84 Å². The highest BCUT2D eigenvalue weighted by Crippen LogP contribution is 2.26. The van der Waals surface area contributed by atoms with Gasteiger partial charge in [-0.2, -0.15) is 0 Å². The van der Waals surface area contributed by atoms with Crippen LogP contribution in [-0.4, -0.2) is 11.7 Å². The first-order chi connectivity index (χ1) is 6.79. The van der Waals surface area contributed by atoms with E-state index in [2.05, 4.69) is 6.58 Å². The zero-order chi connectivity index (χ0) is 10.4. The monoisotopic (exact) mass is 192 g/mol. The lowest BCUT2D eigenvalue weighted by Crippen LogP contribution is -2.01. The molecule has 76 valence electrons. The van der Waals surface area contributed by atoms with Crippen molar-refractivity contribution in [2.45, 2.75) is 19.4 Å². The molecule has 0 fully saturated rings. The van der Waals surface area contributed by atoms with Crippen LogP contribution in [-0.2, 0) is 0 Å². The molecule has 1 N–H and O–H groups in total. The van der Waals surface area contributed by atoms with Gasteiger partial charge in [-0.1, -0.05) is 24.3 Å². The van der Waals surface area contributed by atoms with Crippen LogP contribution < -0.4 is 4.74 Å². The number of aliphatic hydroxyl groups is 1. The van der Waals surface area contributed by atoms with E-state index in [9.17, 15) is 5.11 Å². The van der Waals surface area contributed by atoms with Gasteiger partial charge in [0.05, 0.1) is 12.7 Å². The molecular formula is C12H16O2. The van der Waals surface area contributed by atoms with Gasteiger partial charge >= 0.3 is 0 Å². The quantitative estimate of drug-likeness (QED) is 0.727. The molecule has 0 amide bonds. The van der Waals surface area contributed by atoms with E-state index in [1.165, 1.54) is 0 Å². The van der Waals surface area contributed by atoms with Crippen molar-refractivity contribution in [2.24, 2.45) is 0 Å². The Bertz CT molecular complexity index is 294. The Hall–Kier alpha value is -1.28. The smallest absolute Gasteiger partial charge is 0.125 e. The summed E-state index contributed by atoms with van der Waals surface area (Å²) in [6.45, 7) is 6.14. The van der Waals surface area contributed by atoms with E-state index in [1.807, 2.05) is 31.2 Å². The minimum atomic E-state index is -0.518. The van der Waals surface area contributed by atoms with Crippen LogP contribution in [0.5, 0.6) is 5.75 Å². The second kappa shape index (κ2) is 5.45. The summed E-state index contributed by atoms with van der Waals surface area (Å²) in [4.78, 5) is 0. The number of ether oxygens (including phenoxy) is 1. The fourth-order valence-electron chi connectivity index (χ4n) is 1.33. The first-order valence-electron chi connectivity index (χ1n) is 4.80. The molecule has 0 aromatic heterocycles. The summed E-state index contributed by atoms with van der Waals surface area (Å²) in [6.07, 6.45) is 1.73. The van der Waals surface area contributed by atoms with Gasteiger partial charge in [0.15, 0.2) is 0 Å². The van der Waals surface area contributed by atoms with Gasteiger partial charge in [0.25, 0.3) is 0 Å². The van der Waals surface area contributed by atoms with Crippen molar-refractivity contribution in [3.8, 4) is 5.75 Å². The zero-order valence-corrected chi connectivity index (χ0v) is 8.44. The van der Waals surface area contributed by atoms with Crippen LogP contribution in [0.2, 0.25) is 0 Å². The molecule has 1 rings (SSSR count). The summed E-state index contributed by atoms with van der Waals surface area (Å²) in [5, 5.41) is 9.78. The second-order valence-corrected chi connectivity index (χ2v) is 3.01. The van der Waals surface area contributed by atoms with E-state index in [0.717, 1.165) is 11.3 Å². The van der Waals surface area contributed by atoms with Crippen molar-refractivity contribution < 1.29 is 9.84 Å². The topological polar surface area (TPSA) is 29.5 Å². The van der Waals surface area contributed by atoms with Gasteiger partial charge in [0.2, 0.25) is 0 Å². The minimum absolute atomic E-state index is 0.518. The third kappa shape index (κ3) is 2.60. The van der Waals surface area contributed by atoms with E-state index >= 15 is 0 Å². The Morgan fingerprint density at radius 2 is 2.21 bits per heavy atom.